The highest BCUT2D eigenvalue weighted by Crippen LogP contribution is 2.20. The molecular weight excluding hydrogens is 222 g/mol. The van der Waals surface area contributed by atoms with Crippen molar-refractivity contribution >= 4 is 12.0 Å². The van der Waals surface area contributed by atoms with Crippen LogP contribution < -0.4 is 0 Å². The predicted molar refractivity (Wildman–Crippen MR) is 62.3 cm³/mol. The summed E-state index contributed by atoms with van der Waals surface area (Å²) in [7, 11) is 0. The van der Waals surface area contributed by atoms with Gasteiger partial charge in [0.15, 0.2) is 0 Å². The van der Waals surface area contributed by atoms with Crippen molar-refractivity contribution in [2.45, 2.75) is 51.9 Å². The minimum Gasteiger partial charge on any atom is -0.443 e. The van der Waals surface area contributed by atoms with Gasteiger partial charge in [-0.1, -0.05) is 13.0 Å². The molecule has 1 heterocycles. The van der Waals surface area contributed by atoms with E-state index in [1.165, 1.54) is 12.2 Å². The third kappa shape index (κ3) is 3.30. The Morgan fingerprint density at radius 2 is 2.18 bits per heavy atom. The van der Waals surface area contributed by atoms with E-state index in [1.54, 1.807) is 27.7 Å². The second-order valence-corrected chi connectivity index (χ2v) is 5.01. The Morgan fingerprint density at radius 1 is 1.59 bits per heavy atom. The van der Waals surface area contributed by atoms with E-state index < -0.39 is 29.7 Å². The highest BCUT2D eigenvalue weighted by Gasteiger charge is 2.37. The van der Waals surface area contributed by atoms with E-state index >= 15 is 0 Å². The molecule has 0 saturated heterocycles. The summed E-state index contributed by atoms with van der Waals surface area (Å²) in [5, 5.41) is 9.74. The highest BCUT2D eigenvalue weighted by atomic mass is 16.6. The summed E-state index contributed by atoms with van der Waals surface area (Å²) in [5.74, 6) is -0.447. The van der Waals surface area contributed by atoms with Crippen molar-refractivity contribution in [2.75, 3.05) is 0 Å². The van der Waals surface area contributed by atoms with Crippen LogP contribution >= 0.6 is 0 Å². The van der Waals surface area contributed by atoms with Gasteiger partial charge in [-0.3, -0.25) is 4.79 Å². The van der Waals surface area contributed by atoms with E-state index in [0.29, 0.717) is 6.42 Å². The van der Waals surface area contributed by atoms with Crippen LogP contribution in [0.5, 0.6) is 0 Å². The monoisotopic (exact) mass is 241 g/mol. The standard InChI is InChI=1S/C12H19NO4/c1-5-9(14)8-6-7-10(15)13(8)11(16)17-12(2,3)4/h6-9,14H,5H2,1-4H3/t8-,9+/m1/s1. The number of ether oxygens (including phenoxy) is 1. The first-order valence-electron chi connectivity index (χ1n) is 5.68. The van der Waals surface area contributed by atoms with Crippen LogP contribution in [0, 0.1) is 0 Å². The summed E-state index contributed by atoms with van der Waals surface area (Å²) in [4.78, 5) is 24.4. The van der Waals surface area contributed by atoms with Gasteiger partial charge in [0.1, 0.15) is 5.60 Å². The predicted octanol–water partition coefficient (Wildman–Crippen LogP) is 1.46. The maximum absolute atomic E-state index is 11.8. The third-order valence-corrected chi connectivity index (χ3v) is 2.37. The molecular formula is C12H19NO4. The SMILES string of the molecule is CC[C@H](O)[C@H]1C=CC(=O)N1C(=O)OC(C)(C)C. The molecule has 0 fully saturated rings. The Labute approximate surface area is 101 Å². The number of imide groups is 1. The molecule has 0 aromatic heterocycles. The number of aliphatic hydroxyl groups excluding tert-OH is 1. The molecule has 0 radical (unpaired) electrons. The van der Waals surface area contributed by atoms with Gasteiger partial charge in [-0.25, -0.2) is 9.69 Å². The molecule has 2 atom stereocenters. The third-order valence-electron chi connectivity index (χ3n) is 2.37. The lowest BCUT2D eigenvalue weighted by Gasteiger charge is -2.29. The largest absolute Gasteiger partial charge is 0.443 e. The number of carbonyl (C=O) groups is 2. The first kappa shape index (κ1) is 13.7. The number of nitrogens with zero attached hydrogens (tertiary/aromatic N) is 1. The summed E-state index contributed by atoms with van der Waals surface area (Å²) < 4.78 is 5.13. The lowest BCUT2D eigenvalue weighted by atomic mass is 10.1. The van der Waals surface area contributed by atoms with E-state index in [9.17, 15) is 14.7 Å². The van der Waals surface area contributed by atoms with Gasteiger partial charge in [0.25, 0.3) is 5.91 Å². The van der Waals surface area contributed by atoms with Crippen LogP contribution in [-0.4, -0.2) is 39.8 Å². The maximum atomic E-state index is 11.8. The first-order chi connectivity index (χ1) is 7.76. The molecule has 0 bridgehead atoms. The van der Waals surface area contributed by atoms with Crippen molar-refractivity contribution in [1.82, 2.24) is 4.90 Å². The number of carbonyl (C=O) groups excluding carboxylic acids is 2. The Hall–Kier alpha value is -1.36. The van der Waals surface area contributed by atoms with Crippen molar-refractivity contribution in [2.24, 2.45) is 0 Å². The zero-order valence-corrected chi connectivity index (χ0v) is 10.6. The Bertz CT molecular complexity index is 343. The minimum atomic E-state index is -0.759. The van der Waals surface area contributed by atoms with Gasteiger partial charge in [0, 0.05) is 6.08 Å². The molecule has 0 aromatic rings. The van der Waals surface area contributed by atoms with Gasteiger partial charge in [-0.2, -0.15) is 0 Å². The molecule has 96 valence electrons. The summed E-state index contributed by atoms with van der Waals surface area (Å²) in [6.45, 7) is 6.97. The fourth-order valence-corrected chi connectivity index (χ4v) is 1.56. The first-order valence-corrected chi connectivity index (χ1v) is 5.68. The summed E-state index contributed by atoms with van der Waals surface area (Å²) in [6.07, 6.45) is 1.80. The second kappa shape index (κ2) is 4.87. The van der Waals surface area contributed by atoms with Crippen LogP contribution in [-0.2, 0) is 9.53 Å². The summed E-state index contributed by atoms with van der Waals surface area (Å²) in [6, 6.07) is -0.623. The average molecular weight is 241 g/mol. The Kier molecular flexibility index (Phi) is 3.93. The van der Waals surface area contributed by atoms with Crippen molar-refractivity contribution in [3.63, 3.8) is 0 Å². The van der Waals surface area contributed by atoms with E-state index in [2.05, 4.69) is 0 Å². The molecule has 0 spiro atoms. The second-order valence-electron chi connectivity index (χ2n) is 5.01. The fourth-order valence-electron chi connectivity index (χ4n) is 1.56. The van der Waals surface area contributed by atoms with Crippen molar-refractivity contribution < 1.29 is 19.4 Å². The maximum Gasteiger partial charge on any atom is 0.417 e. The Balaban J connectivity index is 2.80. The van der Waals surface area contributed by atoms with Crippen LogP contribution in [0.15, 0.2) is 12.2 Å². The highest BCUT2D eigenvalue weighted by molar-refractivity contribution is 6.01. The molecule has 0 saturated carbocycles. The van der Waals surface area contributed by atoms with Crippen molar-refractivity contribution in [1.29, 1.82) is 0 Å². The van der Waals surface area contributed by atoms with Crippen LogP contribution in [0.1, 0.15) is 34.1 Å². The van der Waals surface area contributed by atoms with Crippen LogP contribution in [0.3, 0.4) is 0 Å². The summed E-state index contributed by atoms with van der Waals surface area (Å²) >= 11 is 0. The molecule has 0 aliphatic carbocycles. The Morgan fingerprint density at radius 3 is 2.65 bits per heavy atom. The van der Waals surface area contributed by atoms with Crippen molar-refractivity contribution in [3.8, 4) is 0 Å². The molecule has 17 heavy (non-hydrogen) atoms. The molecule has 1 aliphatic rings. The van der Waals surface area contributed by atoms with Gasteiger partial charge in [-0.15, -0.1) is 0 Å². The van der Waals surface area contributed by atoms with Gasteiger partial charge < -0.3 is 9.84 Å². The summed E-state index contributed by atoms with van der Waals surface area (Å²) in [5.41, 5.74) is -0.665. The number of hydrogen-bond donors (Lipinski definition) is 1. The average Bonchev–Trinajstić information content (AvgIpc) is 2.56. The molecule has 2 amide bonds. The van der Waals surface area contributed by atoms with E-state index in [4.69, 9.17) is 4.74 Å². The van der Waals surface area contributed by atoms with Crippen LogP contribution in [0.4, 0.5) is 4.79 Å². The van der Waals surface area contributed by atoms with Crippen LogP contribution in [0.25, 0.3) is 0 Å². The zero-order valence-electron chi connectivity index (χ0n) is 10.6. The molecule has 0 unspecified atom stereocenters. The number of rotatable bonds is 2. The van der Waals surface area contributed by atoms with Gasteiger partial charge in [0.2, 0.25) is 0 Å². The molecule has 1 aliphatic heterocycles. The topological polar surface area (TPSA) is 66.8 Å². The van der Waals surface area contributed by atoms with E-state index in [-0.39, 0.29) is 0 Å². The molecule has 1 N–H and O–H groups in total. The van der Waals surface area contributed by atoms with E-state index in [1.807, 2.05) is 0 Å². The van der Waals surface area contributed by atoms with E-state index in [0.717, 1.165) is 4.90 Å². The van der Waals surface area contributed by atoms with Gasteiger partial charge >= 0.3 is 6.09 Å². The van der Waals surface area contributed by atoms with Gasteiger partial charge in [0.05, 0.1) is 12.1 Å². The normalized spacial score (nSPS) is 21.8. The molecule has 1 rings (SSSR count). The molecule has 5 nitrogen and oxygen atoms in total. The molecule has 5 heteroatoms. The molecule has 0 aromatic carbocycles. The lowest BCUT2D eigenvalue weighted by molar-refractivity contribution is -0.126. The number of aliphatic hydroxyl groups is 1. The smallest absolute Gasteiger partial charge is 0.417 e. The van der Waals surface area contributed by atoms with Crippen molar-refractivity contribution in [3.05, 3.63) is 12.2 Å². The quantitative estimate of drug-likeness (QED) is 0.794. The fraction of sp³-hybridized carbons (Fsp3) is 0.667. The zero-order chi connectivity index (χ0) is 13.2. The van der Waals surface area contributed by atoms with Gasteiger partial charge in [-0.05, 0) is 27.2 Å². The lowest BCUT2D eigenvalue weighted by Crippen LogP contribution is -2.47. The van der Waals surface area contributed by atoms with Crippen LogP contribution in [0.2, 0.25) is 0 Å². The number of amides is 2. The minimum absolute atomic E-state index is 0.447. The number of hydrogen-bond acceptors (Lipinski definition) is 4.